The molecular weight excluding hydrogens is 372 g/mol. The Morgan fingerprint density at radius 3 is 2.43 bits per heavy atom. The Morgan fingerprint density at radius 1 is 1.11 bits per heavy atom. The van der Waals surface area contributed by atoms with Crippen LogP contribution in [0.15, 0.2) is 11.6 Å². The Hall–Kier alpha value is -1.23. The lowest BCUT2D eigenvalue weighted by atomic mass is 9.44. The van der Waals surface area contributed by atoms with Gasteiger partial charge < -0.3 is 0 Å². The molecule has 4 nitrogen and oxygen atoms in total. The van der Waals surface area contributed by atoms with E-state index < -0.39 is 10.8 Å². The van der Waals surface area contributed by atoms with E-state index >= 15 is 0 Å². The van der Waals surface area contributed by atoms with Crippen LogP contribution in [0.1, 0.15) is 72.1 Å². The molecule has 4 aliphatic rings. The highest BCUT2D eigenvalue weighted by atomic mass is 32.1. The van der Waals surface area contributed by atoms with Crippen molar-refractivity contribution in [2.75, 3.05) is 0 Å². The molecule has 3 saturated carbocycles. The van der Waals surface area contributed by atoms with Crippen LogP contribution in [-0.2, 0) is 19.2 Å². The van der Waals surface area contributed by atoms with Gasteiger partial charge >= 0.3 is 0 Å². The van der Waals surface area contributed by atoms with Crippen molar-refractivity contribution in [1.29, 1.82) is 0 Å². The maximum Gasteiger partial charge on any atom is 0.200 e. The summed E-state index contributed by atoms with van der Waals surface area (Å²) in [6.45, 7) is 6.00. The molecule has 4 rings (SSSR count). The first kappa shape index (κ1) is 20.1. The van der Waals surface area contributed by atoms with E-state index in [9.17, 15) is 19.2 Å². The van der Waals surface area contributed by atoms with Gasteiger partial charge in [0.2, 0.25) is 0 Å². The predicted molar refractivity (Wildman–Crippen MR) is 109 cm³/mol. The Bertz CT molecular complexity index is 813. The molecule has 3 fully saturated rings. The number of hydrogen-bond acceptors (Lipinski definition) is 4. The fourth-order valence-corrected chi connectivity index (χ4v) is 8.18. The second kappa shape index (κ2) is 6.38. The maximum absolute atomic E-state index is 13.0. The average Bonchev–Trinajstić information content (AvgIpc) is 2.96. The van der Waals surface area contributed by atoms with E-state index in [1.54, 1.807) is 6.08 Å². The van der Waals surface area contributed by atoms with Gasteiger partial charge in [0.25, 0.3) is 0 Å². The maximum atomic E-state index is 13.0. The van der Waals surface area contributed by atoms with E-state index in [-0.39, 0.29) is 46.1 Å². The fraction of sp³-hybridized carbons (Fsp3) is 0.739. The molecule has 0 bridgehead atoms. The van der Waals surface area contributed by atoms with E-state index in [1.807, 2.05) is 13.8 Å². The molecule has 0 spiro atoms. The summed E-state index contributed by atoms with van der Waals surface area (Å²) in [5, 5.41) is -0.273. The number of carbonyl (C=O) groups is 4. The van der Waals surface area contributed by atoms with Crippen molar-refractivity contribution in [1.82, 2.24) is 0 Å². The van der Waals surface area contributed by atoms with E-state index in [2.05, 4.69) is 19.6 Å². The topological polar surface area (TPSA) is 68.3 Å². The SMILES string of the molecule is CCC(=O)[C@]1(C(=O)S)CC[C@H]2[C@@H]3CCC4=CC(=O)CC(=O)[C@]4(C)[C@H]3CC[C@@]21C. The lowest BCUT2D eigenvalue weighted by Gasteiger charge is -2.58. The van der Waals surface area contributed by atoms with Gasteiger partial charge in [0, 0.05) is 6.42 Å². The first-order valence-corrected chi connectivity index (χ1v) is 11.1. The predicted octanol–water partition coefficient (Wildman–Crippen LogP) is 4.12. The summed E-state index contributed by atoms with van der Waals surface area (Å²) < 4.78 is 0. The summed E-state index contributed by atoms with van der Waals surface area (Å²) >= 11 is 4.22. The quantitative estimate of drug-likeness (QED) is 0.570. The van der Waals surface area contributed by atoms with Crippen molar-refractivity contribution in [2.24, 2.45) is 34.0 Å². The van der Waals surface area contributed by atoms with Crippen LogP contribution in [0.3, 0.4) is 0 Å². The molecule has 4 aliphatic carbocycles. The van der Waals surface area contributed by atoms with Crippen LogP contribution in [0.25, 0.3) is 0 Å². The standard InChI is InChI=1S/C23H30O4S/c1-4-18(25)23(20(27)28)10-8-16-15-6-5-13-11-14(24)12-19(26)22(13,3)17(15)7-9-21(16,23)2/h11,15-17H,4-10,12H2,1-3H3,(H,27,28)/t15-,16-,17-,21-,22-,23-/m0/s1. The third-order valence-electron chi connectivity index (χ3n) is 9.20. The average molecular weight is 403 g/mol. The molecule has 5 heteroatoms. The highest BCUT2D eigenvalue weighted by Gasteiger charge is 2.68. The number of allylic oxidation sites excluding steroid dienone is 1. The number of Topliss-reactive ketones (excluding diaryl/α,β-unsaturated/α-hetero) is 2. The minimum absolute atomic E-state index is 0.0124. The van der Waals surface area contributed by atoms with Crippen molar-refractivity contribution >= 4 is 35.1 Å². The third kappa shape index (κ3) is 2.26. The molecule has 0 aliphatic heterocycles. The summed E-state index contributed by atoms with van der Waals surface area (Å²) in [4.78, 5) is 50.7. The molecule has 152 valence electrons. The van der Waals surface area contributed by atoms with Gasteiger partial charge in [-0.1, -0.05) is 19.4 Å². The van der Waals surface area contributed by atoms with E-state index in [0.717, 1.165) is 37.7 Å². The van der Waals surface area contributed by atoms with Gasteiger partial charge in [0.05, 0.1) is 11.8 Å². The van der Waals surface area contributed by atoms with Crippen molar-refractivity contribution < 1.29 is 19.2 Å². The second-order valence-corrected chi connectivity index (χ2v) is 10.2. The van der Waals surface area contributed by atoms with Crippen LogP contribution in [0.2, 0.25) is 0 Å². The summed E-state index contributed by atoms with van der Waals surface area (Å²) in [7, 11) is 0. The molecule has 0 unspecified atom stereocenters. The molecular formula is C23H30O4S. The second-order valence-electron chi connectivity index (χ2n) is 9.84. The van der Waals surface area contributed by atoms with Crippen molar-refractivity contribution in [3.8, 4) is 0 Å². The minimum atomic E-state index is -0.982. The van der Waals surface area contributed by atoms with E-state index in [1.165, 1.54) is 0 Å². The summed E-state index contributed by atoms with van der Waals surface area (Å²) in [5.74, 6) is 0.795. The number of hydrogen-bond donors (Lipinski definition) is 1. The lowest BCUT2D eigenvalue weighted by Crippen LogP contribution is -2.57. The van der Waals surface area contributed by atoms with Crippen LogP contribution in [0, 0.1) is 34.0 Å². The lowest BCUT2D eigenvalue weighted by molar-refractivity contribution is -0.154. The molecule has 0 aromatic carbocycles. The molecule has 0 aromatic heterocycles. The highest BCUT2D eigenvalue weighted by Crippen LogP contribution is 2.70. The zero-order valence-corrected chi connectivity index (χ0v) is 17.9. The smallest absolute Gasteiger partial charge is 0.200 e. The first-order chi connectivity index (χ1) is 13.1. The van der Waals surface area contributed by atoms with Gasteiger partial charge in [0.1, 0.15) is 11.2 Å². The molecule has 0 amide bonds. The molecule has 0 radical (unpaired) electrons. The Kier molecular flexibility index (Phi) is 4.57. The first-order valence-electron chi connectivity index (χ1n) is 10.7. The van der Waals surface area contributed by atoms with Gasteiger partial charge in [-0.25, -0.2) is 0 Å². The molecule has 6 atom stereocenters. The third-order valence-corrected chi connectivity index (χ3v) is 9.58. The van der Waals surface area contributed by atoms with Crippen LogP contribution in [0.4, 0.5) is 0 Å². The number of ketones is 3. The van der Waals surface area contributed by atoms with Gasteiger partial charge in [0.15, 0.2) is 16.7 Å². The van der Waals surface area contributed by atoms with Gasteiger partial charge in [-0.2, -0.15) is 0 Å². The van der Waals surface area contributed by atoms with Gasteiger partial charge in [-0.3, -0.25) is 19.2 Å². The monoisotopic (exact) mass is 402 g/mol. The van der Waals surface area contributed by atoms with Crippen LogP contribution in [0.5, 0.6) is 0 Å². The zero-order chi connectivity index (χ0) is 20.5. The molecule has 0 saturated heterocycles. The Morgan fingerprint density at radius 2 is 1.79 bits per heavy atom. The van der Waals surface area contributed by atoms with Crippen molar-refractivity contribution in [2.45, 2.75) is 72.1 Å². The summed E-state index contributed by atoms with van der Waals surface area (Å²) in [6, 6.07) is 0. The van der Waals surface area contributed by atoms with Gasteiger partial charge in [-0.15, -0.1) is 12.6 Å². The van der Waals surface area contributed by atoms with Crippen LogP contribution >= 0.6 is 12.6 Å². The van der Waals surface area contributed by atoms with Crippen LogP contribution in [-0.4, -0.2) is 22.5 Å². The molecule has 0 N–H and O–H groups in total. The summed E-state index contributed by atoms with van der Waals surface area (Å²) in [5.41, 5.74) is -0.906. The Balaban J connectivity index is 1.76. The molecule has 0 aromatic rings. The van der Waals surface area contributed by atoms with Crippen molar-refractivity contribution in [3.63, 3.8) is 0 Å². The largest absolute Gasteiger partial charge is 0.299 e. The van der Waals surface area contributed by atoms with E-state index in [4.69, 9.17) is 0 Å². The summed E-state index contributed by atoms with van der Waals surface area (Å²) in [6.07, 6.45) is 6.81. The molecule has 0 heterocycles. The zero-order valence-electron chi connectivity index (χ0n) is 17.0. The number of thiol groups is 1. The molecule has 28 heavy (non-hydrogen) atoms. The van der Waals surface area contributed by atoms with Crippen LogP contribution < -0.4 is 0 Å². The number of rotatable bonds is 3. The number of fused-ring (bicyclic) bond motifs is 5. The fourth-order valence-electron chi connectivity index (χ4n) is 7.69. The number of carbonyl (C=O) groups excluding carboxylic acids is 4. The van der Waals surface area contributed by atoms with E-state index in [0.29, 0.717) is 18.8 Å². The minimum Gasteiger partial charge on any atom is -0.299 e. The Labute approximate surface area is 172 Å². The van der Waals surface area contributed by atoms with Crippen molar-refractivity contribution in [3.05, 3.63) is 11.6 Å². The highest BCUT2D eigenvalue weighted by molar-refractivity contribution is 7.96. The normalized spacial score (nSPS) is 45.0. The van der Waals surface area contributed by atoms with Gasteiger partial charge in [-0.05, 0) is 74.7 Å².